The van der Waals surface area contributed by atoms with Gasteiger partial charge in [0.05, 0.1) is 6.20 Å². The number of aromatic nitrogens is 1. The number of oxazole rings is 1. The first-order chi connectivity index (χ1) is 2.50. The average molecular weight is 93.1 g/mol. The summed E-state index contributed by atoms with van der Waals surface area (Å²) in [6.45, 7) is 0. The topological polar surface area (TPSA) is 26.0 Å². The fourth-order valence-electron chi connectivity index (χ4n) is 0.176. The Labute approximate surface area is 59.3 Å². The van der Waals surface area contributed by atoms with Crippen molar-refractivity contribution < 1.29 is 35.4 Å². The maximum absolute atomic E-state index is 4.47. The second kappa shape index (κ2) is 3.40. The second-order valence-electron chi connectivity index (χ2n) is 0.676. The SMILES string of the molecule is [H-].[Na+].c1cocn1. The molecule has 2 nitrogen and oxygen atoms in total. The van der Waals surface area contributed by atoms with E-state index in [9.17, 15) is 0 Å². The van der Waals surface area contributed by atoms with Gasteiger partial charge in [-0.2, -0.15) is 0 Å². The van der Waals surface area contributed by atoms with Crippen LogP contribution in [-0.2, 0) is 0 Å². The van der Waals surface area contributed by atoms with E-state index in [0.717, 1.165) is 0 Å². The standard InChI is InChI=1S/C3H3NO.Na.H/c1-2-5-3-4-1;;/h1-3H;;/q;+1;-1. The molecule has 0 N–H and O–H groups in total. The fraction of sp³-hybridized carbons (Fsp3) is 0. The molecular weight excluding hydrogens is 89.0 g/mol. The molecule has 1 heterocycles. The minimum absolute atomic E-state index is 0. The van der Waals surface area contributed by atoms with Gasteiger partial charge in [0.25, 0.3) is 0 Å². The summed E-state index contributed by atoms with van der Waals surface area (Å²) in [5, 5.41) is 0. The van der Waals surface area contributed by atoms with Gasteiger partial charge in [0.1, 0.15) is 6.26 Å². The summed E-state index contributed by atoms with van der Waals surface area (Å²) in [5.74, 6) is 0. The first-order valence-corrected chi connectivity index (χ1v) is 1.32. The van der Waals surface area contributed by atoms with Crippen LogP contribution in [0.15, 0.2) is 23.3 Å². The average Bonchev–Trinajstić information content (AvgIpc) is 1.76. The van der Waals surface area contributed by atoms with Gasteiger partial charge in [0.15, 0.2) is 6.39 Å². The van der Waals surface area contributed by atoms with Crippen molar-refractivity contribution in [3.05, 3.63) is 18.9 Å². The van der Waals surface area contributed by atoms with Gasteiger partial charge in [0, 0.05) is 0 Å². The maximum atomic E-state index is 4.47. The number of nitrogens with zero attached hydrogens (tertiary/aromatic N) is 1. The van der Waals surface area contributed by atoms with Gasteiger partial charge in [-0.25, -0.2) is 4.98 Å². The molecule has 0 saturated heterocycles. The van der Waals surface area contributed by atoms with E-state index in [1.54, 1.807) is 6.20 Å². The molecule has 0 atom stereocenters. The zero-order valence-corrected chi connectivity index (χ0v) is 5.59. The van der Waals surface area contributed by atoms with Crippen LogP contribution < -0.4 is 29.6 Å². The Hall–Kier alpha value is 0.210. The molecule has 0 fully saturated rings. The normalized spacial score (nSPS) is 6.67. The summed E-state index contributed by atoms with van der Waals surface area (Å²) in [6.07, 6.45) is 4.47. The van der Waals surface area contributed by atoms with Crippen LogP contribution in [0.2, 0.25) is 0 Å². The molecule has 0 aliphatic heterocycles. The van der Waals surface area contributed by atoms with Gasteiger partial charge in [-0.15, -0.1) is 0 Å². The Kier molecular flexibility index (Phi) is 3.52. The van der Waals surface area contributed by atoms with Crippen LogP contribution in [0, 0.1) is 0 Å². The zero-order chi connectivity index (χ0) is 3.54. The minimum Gasteiger partial charge on any atom is -1.00 e. The van der Waals surface area contributed by atoms with E-state index in [4.69, 9.17) is 0 Å². The summed E-state index contributed by atoms with van der Waals surface area (Å²) >= 11 is 0. The molecule has 3 heteroatoms. The third-order valence-corrected chi connectivity index (χ3v) is 0.347. The Bertz CT molecular complexity index is 71.4. The van der Waals surface area contributed by atoms with Crippen molar-refractivity contribution in [1.29, 1.82) is 0 Å². The summed E-state index contributed by atoms with van der Waals surface area (Å²) in [7, 11) is 0. The Morgan fingerprint density at radius 2 is 2.50 bits per heavy atom. The summed E-state index contributed by atoms with van der Waals surface area (Å²) in [4.78, 5) is 3.56. The Morgan fingerprint density at radius 1 is 1.67 bits per heavy atom. The third-order valence-electron chi connectivity index (χ3n) is 0.347. The number of hydrogen-bond acceptors (Lipinski definition) is 2. The molecule has 1 aromatic heterocycles. The van der Waals surface area contributed by atoms with E-state index in [1.807, 2.05) is 0 Å². The van der Waals surface area contributed by atoms with Crippen molar-refractivity contribution in [3.8, 4) is 0 Å². The minimum atomic E-state index is 0. The summed E-state index contributed by atoms with van der Waals surface area (Å²) in [6, 6.07) is 0. The fourth-order valence-corrected chi connectivity index (χ4v) is 0.176. The van der Waals surface area contributed by atoms with E-state index in [0.29, 0.717) is 0 Å². The molecule has 0 spiro atoms. The summed E-state index contributed by atoms with van der Waals surface area (Å²) < 4.78 is 4.47. The molecule has 6 heavy (non-hydrogen) atoms. The van der Waals surface area contributed by atoms with E-state index in [-0.39, 0.29) is 31.0 Å². The van der Waals surface area contributed by atoms with Crippen LogP contribution in [-0.4, -0.2) is 4.98 Å². The first-order valence-electron chi connectivity index (χ1n) is 1.32. The van der Waals surface area contributed by atoms with E-state index in [1.165, 1.54) is 12.7 Å². The first kappa shape index (κ1) is 6.21. The molecule has 28 valence electrons. The van der Waals surface area contributed by atoms with Crippen LogP contribution >= 0.6 is 0 Å². The molecule has 0 unspecified atom stereocenters. The Morgan fingerprint density at radius 3 is 2.67 bits per heavy atom. The smallest absolute Gasteiger partial charge is 1.00 e. The molecule has 1 rings (SSSR count). The van der Waals surface area contributed by atoms with E-state index in [2.05, 4.69) is 9.40 Å². The molecule has 0 saturated carbocycles. The van der Waals surface area contributed by atoms with Gasteiger partial charge in [0.2, 0.25) is 0 Å². The van der Waals surface area contributed by atoms with Gasteiger partial charge in [-0.3, -0.25) is 0 Å². The quantitative estimate of drug-likeness (QED) is 0.340. The van der Waals surface area contributed by atoms with Crippen molar-refractivity contribution in [2.24, 2.45) is 0 Å². The van der Waals surface area contributed by atoms with Crippen LogP contribution in [0.1, 0.15) is 1.43 Å². The van der Waals surface area contributed by atoms with E-state index < -0.39 is 0 Å². The maximum Gasteiger partial charge on any atom is 1.00 e. The van der Waals surface area contributed by atoms with Gasteiger partial charge >= 0.3 is 29.6 Å². The van der Waals surface area contributed by atoms with Gasteiger partial charge < -0.3 is 5.84 Å². The van der Waals surface area contributed by atoms with Crippen molar-refractivity contribution >= 4 is 0 Å². The largest absolute Gasteiger partial charge is 1.00 e. The van der Waals surface area contributed by atoms with Crippen LogP contribution in [0.5, 0.6) is 0 Å². The third kappa shape index (κ3) is 1.60. The van der Waals surface area contributed by atoms with E-state index >= 15 is 0 Å². The van der Waals surface area contributed by atoms with Crippen molar-refractivity contribution in [1.82, 2.24) is 4.98 Å². The molecular formula is C3H4NNaO. The van der Waals surface area contributed by atoms with Gasteiger partial charge in [-0.1, -0.05) is 0 Å². The summed E-state index contributed by atoms with van der Waals surface area (Å²) in [5.41, 5.74) is 0. The molecule has 0 bridgehead atoms. The number of hydrogen-bond donors (Lipinski definition) is 0. The molecule has 0 radical (unpaired) electrons. The van der Waals surface area contributed by atoms with Gasteiger partial charge in [-0.05, 0) is 0 Å². The second-order valence-corrected chi connectivity index (χ2v) is 0.676. The van der Waals surface area contributed by atoms with Crippen LogP contribution in [0.4, 0.5) is 0 Å². The van der Waals surface area contributed by atoms with Crippen molar-refractivity contribution in [2.75, 3.05) is 0 Å². The Balaban J connectivity index is 0. The molecule has 0 aliphatic rings. The zero-order valence-electron chi connectivity index (χ0n) is 4.59. The van der Waals surface area contributed by atoms with Crippen molar-refractivity contribution in [2.45, 2.75) is 0 Å². The predicted molar refractivity (Wildman–Crippen MR) is 17.6 cm³/mol. The molecule has 0 amide bonds. The molecule has 1 aromatic rings. The van der Waals surface area contributed by atoms with Crippen LogP contribution in [0.3, 0.4) is 0 Å². The molecule has 0 aromatic carbocycles. The molecule has 0 aliphatic carbocycles. The van der Waals surface area contributed by atoms with Crippen LogP contribution in [0.25, 0.3) is 0 Å². The monoisotopic (exact) mass is 93.0 g/mol. The number of rotatable bonds is 0. The predicted octanol–water partition coefficient (Wildman–Crippen LogP) is -2.21. The van der Waals surface area contributed by atoms with Crippen molar-refractivity contribution in [3.63, 3.8) is 0 Å².